The van der Waals surface area contributed by atoms with Gasteiger partial charge in [-0.25, -0.2) is 13.4 Å². The summed E-state index contributed by atoms with van der Waals surface area (Å²) < 4.78 is 23.0. The molecule has 1 heterocycles. The Balaban J connectivity index is 2.13. The Hall–Kier alpha value is -1.33. The first-order valence-electron chi connectivity index (χ1n) is 5.47. The number of alkyl halides is 1. The first-order valence-corrected chi connectivity index (χ1v) is 7.82. The van der Waals surface area contributed by atoms with Crippen LogP contribution in [0, 0.1) is 0 Å². The molecule has 0 aliphatic heterocycles. The Kier molecular flexibility index (Phi) is 4.04. The highest BCUT2D eigenvalue weighted by molar-refractivity contribution is 7.91. The van der Waals surface area contributed by atoms with Crippen LogP contribution in [-0.4, -0.2) is 30.9 Å². The van der Waals surface area contributed by atoms with Crippen molar-refractivity contribution < 1.29 is 8.42 Å². The average molecular weight is 285 g/mol. The number of para-hydroxylation sites is 1. The number of hydrogen-bond donors (Lipinski definition) is 1. The van der Waals surface area contributed by atoms with Crippen molar-refractivity contribution in [2.45, 2.75) is 0 Å². The van der Waals surface area contributed by atoms with Crippen molar-refractivity contribution in [1.29, 1.82) is 0 Å². The summed E-state index contributed by atoms with van der Waals surface area (Å²) in [5, 5.41) is 3.82. The standard InChI is InChI=1S/C12H13ClN2O2S/c13-7-8-18(16,17)9-14-12-6-5-10-3-1-2-4-11(10)15-12/h1-6H,7-9H2,(H,14,15). The van der Waals surface area contributed by atoms with Crippen LogP contribution in [0.3, 0.4) is 0 Å². The van der Waals surface area contributed by atoms with E-state index in [1.165, 1.54) is 0 Å². The highest BCUT2D eigenvalue weighted by Gasteiger charge is 2.09. The molecule has 0 bridgehead atoms. The van der Waals surface area contributed by atoms with Gasteiger partial charge in [0.15, 0.2) is 9.84 Å². The average Bonchev–Trinajstić information content (AvgIpc) is 2.36. The van der Waals surface area contributed by atoms with Gasteiger partial charge in [-0.1, -0.05) is 18.2 Å². The van der Waals surface area contributed by atoms with Crippen LogP contribution >= 0.6 is 11.6 Å². The topological polar surface area (TPSA) is 59.1 Å². The molecule has 0 saturated carbocycles. The summed E-state index contributed by atoms with van der Waals surface area (Å²) in [6.07, 6.45) is 0. The van der Waals surface area contributed by atoms with Crippen LogP contribution < -0.4 is 5.32 Å². The van der Waals surface area contributed by atoms with E-state index < -0.39 is 9.84 Å². The Morgan fingerprint density at radius 2 is 1.94 bits per heavy atom. The number of aromatic nitrogens is 1. The third-order valence-electron chi connectivity index (χ3n) is 2.46. The number of sulfone groups is 1. The number of benzene rings is 1. The lowest BCUT2D eigenvalue weighted by atomic mass is 10.2. The van der Waals surface area contributed by atoms with Crippen molar-refractivity contribution in [2.24, 2.45) is 0 Å². The van der Waals surface area contributed by atoms with E-state index in [0.29, 0.717) is 5.82 Å². The number of hydrogen-bond acceptors (Lipinski definition) is 4. The highest BCUT2D eigenvalue weighted by Crippen LogP contribution is 2.14. The van der Waals surface area contributed by atoms with Crippen LogP contribution in [-0.2, 0) is 9.84 Å². The number of nitrogens with one attached hydrogen (secondary N) is 1. The molecule has 1 aromatic carbocycles. The van der Waals surface area contributed by atoms with E-state index in [0.717, 1.165) is 10.9 Å². The van der Waals surface area contributed by atoms with Gasteiger partial charge < -0.3 is 5.32 Å². The van der Waals surface area contributed by atoms with Gasteiger partial charge in [0.05, 0.1) is 11.3 Å². The van der Waals surface area contributed by atoms with E-state index in [2.05, 4.69) is 10.3 Å². The van der Waals surface area contributed by atoms with E-state index in [4.69, 9.17) is 11.6 Å². The molecule has 0 fully saturated rings. The monoisotopic (exact) mass is 284 g/mol. The molecule has 0 radical (unpaired) electrons. The fourth-order valence-corrected chi connectivity index (χ4v) is 2.99. The van der Waals surface area contributed by atoms with Gasteiger partial charge in [0.1, 0.15) is 11.7 Å². The number of halogens is 1. The predicted octanol–water partition coefficient (Wildman–Crippen LogP) is 2.26. The summed E-state index contributed by atoms with van der Waals surface area (Å²) >= 11 is 5.42. The van der Waals surface area contributed by atoms with Crippen LogP contribution in [0.1, 0.15) is 0 Å². The molecule has 0 aliphatic carbocycles. The van der Waals surface area contributed by atoms with E-state index in [9.17, 15) is 8.42 Å². The molecule has 0 spiro atoms. The molecule has 4 nitrogen and oxygen atoms in total. The van der Waals surface area contributed by atoms with Gasteiger partial charge in [0, 0.05) is 11.3 Å². The maximum absolute atomic E-state index is 11.5. The van der Waals surface area contributed by atoms with Crippen LogP contribution in [0.15, 0.2) is 36.4 Å². The highest BCUT2D eigenvalue weighted by atomic mass is 35.5. The van der Waals surface area contributed by atoms with Crippen molar-refractivity contribution in [1.82, 2.24) is 4.98 Å². The fraction of sp³-hybridized carbons (Fsp3) is 0.250. The first kappa shape index (κ1) is 13.1. The number of nitrogens with zero attached hydrogens (tertiary/aromatic N) is 1. The van der Waals surface area contributed by atoms with Crippen LogP contribution in [0.5, 0.6) is 0 Å². The second kappa shape index (κ2) is 5.54. The van der Waals surface area contributed by atoms with Crippen molar-refractivity contribution in [3.63, 3.8) is 0 Å². The summed E-state index contributed by atoms with van der Waals surface area (Å²) in [5.41, 5.74) is 0.831. The van der Waals surface area contributed by atoms with Gasteiger partial charge in [-0.2, -0.15) is 0 Å². The lowest BCUT2D eigenvalue weighted by Gasteiger charge is -2.06. The van der Waals surface area contributed by atoms with E-state index >= 15 is 0 Å². The Morgan fingerprint density at radius 1 is 1.17 bits per heavy atom. The summed E-state index contributed by atoms with van der Waals surface area (Å²) in [5.74, 6) is 0.474. The molecule has 2 rings (SSSR count). The summed E-state index contributed by atoms with van der Waals surface area (Å²) in [6, 6.07) is 11.3. The normalized spacial score (nSPS) is 11.6. The van der Waals surface area contributed by atoms with E-state index in [1.807, 2.05) is 30.3 Å². The maximum atomic E-state index is 11.5. The molecule has 1 N–H and O–H groups in total. The number of pyridine rings is 1. The molecule has 0 amide bonds. The zero-order chi connectivity index (χ0) is 13.0. The van der Waals surface area contributed by atoms with Crippen LogP contribution in [0.25, 0.3) is 10.9 Å². The van der Waals surface area contributed by atoms with Gasteiger partial charge >= 0.3 is 0 Å². The van der Waals surface area contributed by atoms with Crippen molar-refractivity contribution in [2.75, 3.05) is 22.8 Å². The summed E-state index contributed by atoms with van der Waals surface area (Å²) in [6.45, 7) is 0. The molecule has 0 atom stereocenters. The van der Waals surface area contributed by atoms with Gasteiger partial charge in [0.25, 0.3) is 0 Å². The lowest BCUT2D eigenvalue weighted by Crippen LogP contribution is -2.19. The maximum Gasteiger partial charge on any atom is 0.169 e. The van der Waals surface area contributed by atoms with Gasteiger partial charge in [-0.05, 0) is 18.2 Å². The molecule has 18 heavy (non-hydrogen) atoms. The zero-order valence-electron chi connectivity index (χ0n) is 9.64. The van der Waals surface area contributed by atoms with Crippen LogP contribution in [0.4, 0.5) is 5.82 Å². The number of rotatable bonds is 5. The molecule has 6 heteroatoms. The number of anilines is 1. The SMILES string of the molecule is O=S(=O)(CCCl)CNc1ccc2ccccc2n1. The smallest absolute Gasteiger partial charge is 0.169 e. The number of fused-ring (bicyclic) bond motifs is 1. The Bertz CT molecular complexity index is 643. The molecule has 1 aromatic heterocycles. The summed E-state index contributed by atoms with van der Waals surface area (Å²) in [7, 11) is -3.17. The quantitative estimate of drug-likeness (QED) is 0.856. The van der Waals surface area contributed by atoms with E-state index in [1.54, 1.807) is 6.07 Å². The minimum absolute atomic E-state index is 0.0326. The first-order chi connectivity index (χ1) is 8.61. The van der Waals surface area contributed by atoms with Gasteiger partial charge in [-0.3, -0.25) is 0 Å². The second-order valence-corrected chi connectivity index (χ2v) is 6.41. The Labute approximate surface area is 111 Å². The Morgan fingerprint density at radius 3 is 2.72 bits per heavy atom. The molecule has 96 valence electrons. The molecule has 0 unspecified atom stereocenters. The molecular formula is C12H13ClN2O2S. The van der Waals surface area contributed by atoms with Gasteiger partial charge in [0.2, 0.25) is 0 Å². The summed E-state index contributed by atoms with van der Waals surface area (Å²) in [4.78, 5) is 4.33. The molecule has 2 aromatic rings. The largest absolute Gasteiger partial charge is 0.356 e. The van der Waals surface area contributed by atoms with Crippen molar-refractivity contribution in [3.8, 4) is 0 Å². The van der Waals surface area contributed by atoms with Crippen molar-refractivity contribution in [3.05, 3.63) is 36.4 Å². The molecule has 0 aliphatic rings. The van der Waals surface area contributed by atoms with Gasteiger partial charge in [-0.15, -0.1) is 11.6 Å². The zero-order valence-corrected chi connectivity index (χ0v) is 11.2. The lowest BCUT2D eigenvalue weighted by molar-refractivity contribution is 0.599. The third-order valence-corrected chi connectivity index (χ3v) is 4.28. The predicted molar refractivity (Wildman–Crippen MR) is 74.7 cm³/mol. The van der Waals surface area contributed by atoms with Crippen molar-refractivity contribution >= 4 is 38.2 Å². The molecule has 0 saturated heterocycles. The fourth-order valence-electron chi connectivity index (χ4n) is 1.54. The molecular weight excluding hydrogens is 272 g/mol. The minimum Gasteiger partial charge on any atom is -0.356 e. The van der Waals surface area contributed by atoms with E-state index in [-0.39, 0.29) is 17.5 Å². The third kappa shape index (κ3) is 3.34. The second-order valence-electron chi connectivity index (χ2n) is 3.85. The minimum atomic E-state index is -3.17. The van der Waals surface area contributed by atoms with Crippen LogP contribution in [0.2, 0.25) is 0 Å².